The van der Waals surface area contributed by atoms with Crippen LogP contribution in [0.1, 0.15) is 30.8 Å². The predicted molar refractivity (Wildman–Crippen MR) is 111 cm³/mol. The number of nitrogens with zero attached hydrogens (tertiary/aromatic N) is 1. The number of hydrogen-bond acceptors (Lipinski definition) is 4. The fourth-order valence-electron chi connectivity index (χ4n) is 2.86. The maximum Gasteiger partial charge on any atom is 0.258 e. The van der Waals surface area contributed by atoms with Crippen molar-refractivity contribution in [1.29, 1.82) is 0 Å². The topological polar surface area (TPSA) is 67.0 Å². The second-order valence-corrected chi connectivity index (χ2v) is 7.31. The third-order valence-corrected chi connectivity index (χ3v) is 5.03. The molecule has 2 aromatic carbocycles. The number of carbonyl (C=O) groups is 1. The highest BCUT2D eigenvalue weighted by molar-refractivity contribution is 7.98. The Morgan fingerprint density at radius 1 is 1.22 bits per heavy atom. The van der Waals surface area contributed by atoms with E-state index in [1.807, 2.05) is 48.5 Å². The second-order valence-electron chi connectivity index (χ2n) is 6.33. The molecule has 0 bridgehead atoms. The number of nitrogens with one attached hydrogen (secondary N) is 2. The fourth-order valence-corrected chi connectivity index (χ4v) is 3.33. The summed E-state index contributed by atoms with van der Waals surface area (Å²) in [6.07, 6.45) is 3.84. The lowest BCUT2D eigenvalue weighted by molar-refractivity contribution is -0.123. The minimum atomic E-state index is -0.164. The van der Waals surface area contributed by atoms with E-state index in [0.717, 1.165) is 35.5 Å². The highest BCUT2D eigenvalue weighted by Crippen LogP contribution is 2.20. The zero-order chi connectivity index (χ0) is 19.1. The van der Waals surface area contributed by atoms with E-state index in [-0.39, 0.29) is 18.6 Å². The first-order chi connectivity index (χ1) is 13.2. The highest BCUT2D eigenvalue weighted by atomic mass is 32.2. The molecule has 0 aliphatic heterocycles. The van der Waals surface area contributed by atoms with Crippen molar-refractivity contribution in [3.8, 4) is 5.75 Å². The number of ether oxygens (including phenoxy) is 1. The number of hydrogen-bond donors (Lipinski definition) is 2. The Balaban J connectivity index is 1.63. The number of para-hydroxylation sites is 2. The van der Waals surface area contributed by atoms with Crippen LogP contribution in [0.2, 0.25) is 0 Å². The normalized spacial score (nSPS) is 12.1. The van der Waals surface area contributed by atoms with Crippen LogP contribution in [0.5, 0.6) is 5.75 Å². The summed E-state index contributed by atoms with van der Waals surface area (Å²) in [4.78, 5) is 20.4. The molecular weight excluding hydrogens is 358 g/mol. The number of aromatic amines is 1. The number of aromatic nitrogens is 2. The molecule has 1 amide bonds. The quantitative estimate of drug-likeness (QED) is 0.583. The molecule has 3 rings (SSSR count). The average molecular weight is 384 g/mol. The highest BCUT2D eigenvalue weighted by Gasteiger charge is 2.18. The summed E-state index contributed by atoms with van der Waals surface area (Å²) in [5.74, 6) is 2.26. The van der Waals surface area contributed by atoms with E-state index < -0.39 is 0 Å². The first-order valence-electron chi connectivity index (χ1n) is 9.14. The molecule has 0 aliphatic carbocycles. The van der Waals surface area contributed by atoms with Gasteiger partial charge in [-0.1, -0.05) is 31.2 Å². The molecule has 1 aromatic heterocycles. The van der Waals surface area contributed by atoms with Gasteiger partial charge in [0.15, 0.2) is 6.61 Å². The van der Waals surface area contributed by atoms with Gasteiger partial charge in [0.25, 0.3) is 5.91 Å². The molecule has 0 fully saturated rings. The largest absolute Gasteiger partial charge is 0.484 e. The van der Waals surface area contributed by atoms with Crippen LogP contribution >= 0.6 is 11.8 Å². The van der Waals surface area contributed by atoms with Crippen molar-refractivity contribution in [3.63, 3.8) is 0 Å². The van der Waals surface area contributed by atoms with Gasteiger partial charge in [-0.2, -0.15) is 11.8 Å². The van der Waals surface area contributed by atoms with Gasteiger partial charge >= 0.3 is 0 Å². The molecule has 0 saturated heterocycles. The van der Waals surface area contributed by atoms with E-state index in [0.29, 0.717) is 5.75 Å². The third kappa shape index (κ3) is 5.26. The van der Waals surface area contributed by atoms with Gasteiger partial charge in [-0.25, -0.2) is 4.98 Å². The standard InChI is InChI=1S/C21H25N3O2S/c1-3-15-8-10-16(11-9-15)26-14-20(25)22-19(12-13-27-2)21-23-17-6-4-5-7-18(17)24-21/h4-11,19H,3,12-14H2,1-2H3,(H,22,25)(H,23,24). The Labute approximate surface area is 163 Å². The Bertz CT molecular complexity index is 844. The summed E-state index contributed by atoms with van der Waals surface area (Å²) in [6, 6.07) is 15.5. The van der Waals surface area contributed by atoms with Gasteiger partial charge in [-0.05, 0) is 54.7 Å². The average Bonchev–Trinajstić information content (AvgIpc) is 3.14. The lowest BCUT2D eigenvalue weighted by atomic mass is 10.2. The number of imidazole rings is 1. The number of amides is 1. The molecule has 1 atom stereocenters. The van der Waals surface area contributed by atoms with E-state index in [1.54, 1.807) is 11.8 Å². The number of aryl methyl sites for hydroxylation is 1. The Kier molecular flexibility index (Phi) is 6.76. The summed E-state index contributed by atoms with van der Waals surface area (Å²) < 4.78 is 5.62. The van der Waals surface area contributed by atoms with E-state index in [2.05, 4.69) is 28.5 Å². The van der Waals surface area contributed by atoms with Gasteiger partial charge in [0.1, 0.15) is 11.6 Å². The number of rotatable bonds is 9. The second kappa shape index (κ2) is 9.46. The first kappa shape index (κ1) is 19.3. The number of H-pyrrole nitrogens is 1. The van der Waals surface area contributed by atoms with Crippen molar-refractivity contribution in [3.05, 3.63) is 59.9 Å². The molecule has 0 saturated carbocycles. The Morgan fingerprint density at radius 3 is 2.70 bits per heavy atom. The summed E-state index contributed by atoms with van der Waals surface area (Å²) in [5.41, 5.74) is 3.13. The molecule has 1 heterocycles. The van der Waals surface area contributed by atoms with Crippen LogP contribution < -0.4 is 10.1 Å². The zero-order valence-corrected chi connectivity index (χ0v) is 16.5. The molecule has 27 heavy (non-hydrogen) atoms. The maximum absolute atomic E-state index is 12.4. The van der Waals surface area contributed by atoms with E-state index >= 15 is 0 Å². The number of benzene rings is 2. The number of carbonyl (C=O) groups excluding carboxylic acids is 1. The van der Waals surface area contributed by atoms with Crippen molar-refractivity contribution < 1.29 is 9.53 Å². The fraction of sp³-hybridized carbons (Fsp3) is 0.333. The first-order valence-corrected chi connectivity index (χ1v) is 10.5. The van der Waals surface area contributed by atoms with Gasteiger partial charge in [0.05, 0.1) is 17.1 Å². The van der Waals surface area contributed by atoms with Crippen LogP contribution in [0.3, 0.4) is 0 Å². The summed E-state index contributed by atoms with van der Waals surface area (Å²) >= 11 is 1.75. The Morgan fingerprint density at radius 2 is 2.00 bits per heavy atom. The van der Waals surface area contributed by atoms with Crippen LogP contribution in [-0.4, -0.2) is 34.5 Å². The molecule has 3 aromatic rings. The number of fused-ring (bicyclic) bond motifs is 1. The molecule has 142 valence electrons. The van der Waals surface area contributed by atoms with Crippen LogP contribution in [-0.2, 0) is 11.2 Å². The van der Waals surface area contributed by atoms with Gasteiger partial charge in [-0.3, -0.25) is 4.79 Å². The molecular formula is C21H25N3O2S. The molecule has 0 spiro atoms. The smallest absolute Gasteiger partial charge is 0.258 e. The van der Waals surface area contributed by atoms with E-state index in [1.165, 1.54) is 5.56 Å². The van der Waals surface area contributed by atoms with Gasteiger partial charge in [0.2, 0.25) is 0 Å². The van der Waals surface area contributed by atoms with Crippen molar-refractivity contribution in [2.75, 3.05) is 18.6 Å². The van der Waals surface area contributed by atoms with Crippen molar-refractivity contribution in [2.24, 2.45) is 0 Å². The summed E-state index contributed by atoms with van der Waals surface area (Å²) in [6.45, 7) is 2.09. The monoisotopic (exact) mass is 383 g/mol. The molecule has 2 N–H and O–H groups in total. The van der Waals surface area contributed by atoms with Crippen LogP contribution in [0.15, 0.2) is 48.5 Å². The van der Waals surface area contributed by atoms with Crippen molar-refractivity contribution in [1.82, 2.24) is 15.3 Å². The molecule has 1 unspecified atom stereocenters. The molecule has 5 nitrogen and oxygen atoms in total. The SMILES string of the molecule is CCc1ccc(OCC(=O)NC(CCSC)c2nc3ccccc3[nH]2)cc1. The maximum atomic E-state index is 12.4. The van der Waals surface area contributed by atoms with Gasteiger partial charge in [-0.15, -0.1) is 0 Å². The van der Waals surface area contributed by atoms with Crippen LogP contribution in [0, 0.1) is 0 Å². The van der Waals surface area contributed by atoms with Gasteiger partial charge < -0.3 is 15.0 Å². The van der Waals surface area contributed by atoms with Gasteiger partial charge in [0, 0.05) is 0 Å². The summed E-state index contributed by atoms with van der Waals surface area (Å²) in [7, 11) is 0. The minimum absolute atomic E-state index is 0.0124. The lowest BCUT2D eigenvalue weighted by Gasteiger charge is -2.16. The Hall–Kier alpha value is -2.47. The molecule has 0 radical (unpaired) electrons. The molecule has 0 aliphatic rings. The van der Waals surface area contributed by atoms with E-state index in [4.69, 9.17) is 4.74 Å². The van der Waals surface area contributed by atoms with E-state index in [9.17, 15) is 4.79 Å². The third-order valence-electron chi connectivity index (χ3n) is 4.39. The van der Waals surface area contributed by atoms with Crippen LogP contribution in [0.25, 0.3) is 11.0 Å². The summed E-state index contributed by atoms with van der Waals surface area (Å²) in [5, 5.41) is 3.05. The predicted octanol–water partition coefficient (Wildman–Crippen LogP) is 4.11. The van der Waals surface area contributed by atoms with Crippen molar-refractivity contribution >= 4 is 28.7 Å². The molecule has 6 heteroatoms. The number of thioether (sulfide) groups is 1. The van der Waals surface area contributed by atoms with Crippen LogP contribution in [0.4, 0.5) is 0 Å². The zero-order valence-electron chi connectivity index (χ0n) is 15.7. The van der Waals surface area contributed by atoms with Crippen molar-refractivity contribution in [2.45, 2.75) is 25.8 Å². The minimum Gasteiger partial charge on any atom is -0.484 e. The lowest BCUT2D eigenvalue weighted by Crippen LogP contribution is -2.33.